The quantitative estimate of drug-likeness (QED) is 0.687. The van der Waals surface area contributed by atoms with Crippen LogP contribution in [-0.2, 0) is 16.6 Å². The van der Waals surface area contributed by atoms with Gasteiger partial charge in [-0.15, -0.1) is 0 Å². The molecule has 0 aliphatic carbocycles. The molecule has 5 nitrogen and oxygen atoms in total. The molecule has 138 valence electrons. The molecule has 2 aliphatic heterocycles. The van der Waals surface area contributed by atoms with Gasteiger partial charge >= 0.3 is 0 Å². The molecule has 2 atom stereocenters. The van der Waals surface area contributed by atoms with Crippen LogP contribution in [0, 0.1) is 5.92 Å². The van der Waals surface area contributed by atoms with Crippen LogP contribution in [0.5, 0.6) is 0 Å². The summed E-state index contributed by atoms with van der Waals surface area (Å²) in [5, 5.41) is 1.95. The monoisotopic (exact) mass is 380 g/mol. The van der Waals surface area contributed by atoms with Crippen molar-refractivity contribution in [2.75, 3.05) is 13.1 Å². The molecule has 2 unspecified atom stereocenters. The Kier molecular flexibility index (Phi) is 3.74. The highest BCUT2D eigenvalue weighted by atomic mass is 32.2. The number of rotatable bonds is 2. The summed E-state index contributed by atoms with van der Waals surface area (Å²) in [6, 6.07) is 18.4. The maximum Gasteiger partial charge on any atom is 0.250 e. The van der Waals surface area contributed by atoms with Crippen molar-refractivity contribution in [3.8, 4) is 0 Å². The number of hydrogen-bond donors (Lipinski definition) is 0. The third-order valence-electron chi connectivity index (χ3n) is 5.80. The molecule has 0 N–H and O–H groups in total. The van der Waals surface area contributed by atoms with Crippen molar-refractivity contribution in [2.45, 2.75) is 23.8 Å². The largest absolute Gasteiger partial charge is 0.312 e. The Morgan fingerprint density at radius 1 is 0.852 bits per heavy atom. The van der Waals surface area contributed by atoms with E-state index in [1.165, 1.54) is 0 Å². The minimum absolute atomic E-state index is 0.00744. The summed E-state index contributed by atoms with van der Waals surface area (Å²) in [6.07, 6.45) is 0.938. The van der Waals surface area contributed by atoms with E-state index in [2.05, 4.69) is 0 Å². The van der Waals surface area contributed by atoms with Crippen LogP contribution < -0.4 is 5.56 Å². The number of hydrogen-bond acceptors (Lipinski definition) is 3. The van der Waals surface area contributed by atoms with Gasteiger partial charge in [0.25, 0.3) is 5.56 Å². The molecule has 1 fully saturated rings. The van der Waals surface area contributed by atoms with Crippen molar-refractivity contribution < 1.29 is 8.42 Å². The Bertz CT molecular complexity index is 1200. The Hall–Kier alpha value is -2.44. The van der Waals surface area contributed by atoms with E-state index in [1.807, 2.05) is 41.0 Å². The van der Waals surface area contributed by atoms with Crippen molar-refractivity contribution in [3.63, 3.8) is 0 Å². The minimum Gasteiger partial charge on any atom is -0.312 e. The molecule has 0 radical (unpaired) electrons. The summed E-state index contributed by atoms with van der Waals surface area (Å²) >= 11 is 0. The van der Waals surface area contributed by atoms with Gasteiger partial charge in [-0.2, -0.15) is 4.31 Å². The molecule has 2 bridgehead atoms. The van der Waals surface area contributed by atoms with Crippen LogP contribution in [0.4, 0.5) is 0 Å². The molecule has 2 aromatic carbocycles. The standard InChI is InChI=1S/C21H20N2O3S/c24-21-7-3-6-20-18-10-15(13-23(20)21)12-22(14-18)27(25,26)19-9-8-16-4-1-2-5-17(16)11-19/h1-9,11,15,18H,10,12-14H2. The first-order valence-electron chi connectivity index (χ1n) is 9.21. The number of sulfonamides is 1. The van der Waals surface area contributed by atoms with E-state index in [1.54, 1.807) is 28.6 Å². The lowest BCUT2D eigenvalue weighted by Crippen LogP contribution is -2.48. The fraction of sp³-hybridized carbons (Fsp3) is 0.286. The Balaban J connectivity index is 1.52. The summed E-state index contributed by atoms with van der Waals surface area (Å²) in [6.45, 7) is 1.48. The van der Waals surface area contributed by atoms with E-state index in [9.17, 15) is 13.2 Å². The Labute approximate surface area is 157 Å². The number of piperidine rings is 1. The van der Waals surface area contributed by atoms with Crippen molar-refractivity contribution in [1.82, 2.24) is 8.87 Å². The number of benzene rings is 2. The lowest BCUT2D eigenvalue weighted by Gasteiger charge is -2.42. The highest BCUT2D eigenvalue weighted by Crippen LogP contribution is 2.37. The van der Waals surface area contributed by atoms with Crippen LogP contribution in [0.2, 0.25) is 0 Å². The third kappa shape index (κ3) is 2.71. The SMILES string of the molecule is O=c1cccc2n1CC1CC2CN(S(=O)(=O)c2ccc3ccccc3c2)C1. The van der Waals surface area contributed by atoms with E-state index < -0.39 is 10.0 Å². The first-order chi connectivity index (χ1) is 13.0. The first-order valence-corrected chi connectivity index (χ1v) is 10.6. The van der Waals surface area contributed by atoms with Gasteiger partial charge in [-0.3, -0.25) is 4.79 Å². The lowest BCUT2D eigenvalue weighted by molar-refractivity contribution is 0.186. The average Bonchev–Trinajstić information content (AvgIpc) is 2.68. The topological polar surface area (TPSA) is 59.4 Å². The zero-order chi connectivity index (χ0) is 18.6. The Morgan fingerprint density at radius 3 is 2.52 bits per heavy atom. The van der Waals surface area contributed by atoms with E-state index in [4.69, 9.17) is 0 Å². The summed E-state index contributed by atoms with van der Waals surface area (Å²) in [5.74, 6) is 0.244. The fourth-order valence-corrected chi connectivity index (χ4v) is 6.12. The molecule has 1 saturated heterocycles. The smallest absolute Gasteiger partial charge is 0.250 e. The summed E-state index contributed by atoms with van der Waals surface area (Å²) < 4.78 is 30.0. The molecular weight excluding hydrogens is 360 g/mol. The van der Waals surface area contributed by atoms with E-state index in [0.717, 1.165) is 22.9 Å². The molecule has 6 heteroatoms. The highest BCUT2D eigenvalue weighted by Gasteiger charge is 2.39. The Morgan fingerprint density at radius 2 is 1.67 bits per heavy atom. The third-order valence-corrected chi connectivity index (χ3v) is 7.63. The number of pyridine rings is 1. The van der Waals surface area contributed by atoms with Gasteiger partial charge < -0.3 is 4.57 Å². The molecular formula is C21H20N2O3S. The van der Waals surface area contributed by atoms with Gasteiger partial charge in [0.2, 0.25) is 10.0 Å². The molecule has 1 aromatic heterocycles. The van der Waals surface area contributed by atoms with Crippen LogP contribution in [0.3, 0.4) is 0 Å². The second kappa shape index (κ2) is 6.04. The number of nitrogens with zero attached hydrogens (tertiary/aromatic N) is 2. The van der Waals surface area contributed by atoms with Crippen molar-refractivity contribution >= 4 is 20.8 Å². The second-order valence-corrected chi connectivity index (χ2v) is 9.47. The maximum atomic E-state index is 13.3. The van der Waals surface area contributed by atoms with Gasteiger partial charge in [-0.05, 0) is 41.3 Å². The van der Waals surface area contributed by atoms with Crippen molar-refractivity contribution in [3.05, 3.63) is 76.7 Å². The first kappa shape index (κ1) is 16.7. The van der Waals surface area contributed by atoms with Crippen LogP contribution in [-0.4, -0.2) is 30.4 Å². The number of aromatic nitrogens is 1. The van der Waals surface area contributed by atoms with E-state index >= 15 is 0 Å². The van der Waals surface area contributed by atoms with Gasteiger partial charge in [-0.25, -0.2) is 8.42 Å². The summed E-state index contributed by atoms with van der Waals surface area (Å²) in [5.41, 5.74) is 0.963. The lowest BCUT2D eigenvalue weighted by atomic mass is 9.84. The van der Waals surface area contributed by atoms with Crippen molar-refractivity contribution in [2.24, 2.45) is 5.92 Å². The minimum atomic E-state index is -3.56. The van der Waals surface area contributed by atoms with E-state index in [-0.39, 0.29) is 17.4 Å². The normalized spacial score (nSPS) is 22.5. The molecule has 2 aliphatic rings. The molecule has 3 heterocycles. The predicted molar refractivity (Wildman–Crippen MR) is 104 cm³/mol. The van der Waals surface area contributed by atoms with Gasteiger partial charge in [0, 0.05) is 37.3 Å². The molecule has 5 rings (SSSR count). The maximum absolute atomic E-state index is 13.3. The zero-order valence-electron chi connectivity index (χ0n) is 14.8. The van der Waals surface area contributed by atoms with Crippen LogP contribution >= 0.6 is 0 Å². The second-order valence-electron chi connectivity index (χ2n) is 7.53. The number of fused-ring (bicyclic) bond motifs is 5. The van der Waals surface area contributed by atoms with Gasteiger partial charge in [0.15, 0.2) is 0 Å². The highest BCUT2D eigenvalue weighted by molar-refractivity contribution is 7.89. The average molecular weight is 380 g/mol. The molecule has 0 saturated carbocycles. The molecule has 3 aromatic rings. The summed E-state index contributed by atoms with van der Waals surface area (Å²) in [4.78, 5) is 12.5. The van der Waals surface area contributed by atoms with Crippen LogP contribution in [0.15, 0.2) is 70.4 Å². The van der Waals surface area contributed by atoms with Crippen molar-refractivity contribution in [1.29, 1.82) is 0 Å². The van der Waals surface area contributed by atoms with Crippen LogP contribution in [0.25, 0.3) is 10.8 Å². The van der Waals surface area contributed by atoms with Gasteiger partial charge in [0.05, 0.1) is 4.90 Å². The van der Waals surface area contributed by atoms with E-state index in [0.29, 0.717) is 24.5 Å². The zero-order valence-corrected chi connectivity index (χ0v) is 15.6. The molecule has 27 heavy (non-hydrogen) atoms. The van der Waals surface area contributed by atoms with Gasteiger partial charge in [-0.1, -0.05) is 36.4 Å². The summed E-state index contributed by atoms with van der Waals surface area (Å²) in [7, 11) is -3.56. The predicted octanol–water partition coefficient (Wildman–Crippen LogP) is 2.81. The molecule has 0 spiro atoms. The fourth-order valence-electron chi connectivity index (χ4n) is 4.53. The molecule has 0 amide bonds. The van der Waals surface area contributed by atoms with Gasteiger partial charge in [0.1, 0.15) is 0 Å². The van der Waals surface area contributed by atoms with Crippen LogP contribution in [0.1, 0.15) is 18.0 Å².